The summed E-state index contributed by atoms with van der Waals surface area (Å²) in [5.41, 5.74) is -2.61. The second kappa shape index (κ2) is 4.09. The van der Waals surface area contributed by atoms with Gasteiger partial charge >= 0.3 is 12.1 Å². The van der Waals surface area contributed by atoms with Gasteiger partial charge in [-0.1, -0.05) is 5.21 Å². The first-order chi connectivity index (χ1) is 8.41. The Morgan fingerprint density at radius 2 is 2.11 bits per heavy atom. The zero-order valence-corrected chi connectivity index (χ0v) is 8.59. The number of carboxylic acids is 1. The molecule has 6 nitrogen and oxygen atoms in total. The van der Waals surface area contributed by atoms with Crippen LogP contribution in [-0.4, -0.2) is 31.1 Å². The van der Waals surface area contributed by atoms with Gasteiger partial charge in [0.05, 0.1) is 11.9 Å². The van der Waals surface area contributed by atoms with Crippen molar-refractivity contribution >= 4 is 5.97 Å². The van der Waals surface area contributed by atoms with Crippen LogP contribution >= 0.6 is 0 Å². The van der Waals surface area contributed by atoms with Crippen LogP contribution in [0.25, 0.3) is 5.69 Å². The average molecular weight is 258 g/mol. The summed E-state index contributed by atoms with van der Waals surface area (Å²) < 4.78 is 38.8. The highest BCUT2D eigenvalue weighted by molar-refractivity contribution is 5.86. The van der Waals surface area contributed by atoms with Crippen molar-refractivity contribution in [3.8, 4) is 5.69 Å². The smallest absolute Gasteiger partial charge is 0.436 e. The molecule has 0 spiro atoms. The highest BCUT2D eigenvalue weighted by atomic mass is 19.4. The Morgan fingerprint density at radius 1 is 1.39 bits per heavy atom. The summed E-state index contributed by atoms with van der Waals surface area (Å²) in [6.45, 7) is 0. The topological polar surface area (TPSA) is 80.9 Å². The molecule has 0 saturated heterocycles. The SMILES string of the molecule is O=C(O)c1nnn(-c2cccnc2)c1C(F)(F)F. The molecule has 2 heterocycles. The predicted octanol–water partition coefficient (Wildman–Crippen LogP) is 1.38. The fourth-order valence-corrected chi connectivity index (χ4v) is 1.34. The molecule has 0 atom stereocenters. The highest BCUT2D eigenvalue weighted by Gasteiger charge is 2.42. The number of carbonyl (C=O) groups is 1. The van der Waals surface area contributed by atoms with E-state index in [-0.39, 0.29) is 5.69 Å². The van der Waals surface area contributed by atoms with Gasteiger partial charge in [0.1, 0.15) is 0 Å². The minimum Gasteiger partial charge on any atom is -0.476 e. The Bertz CT molecular complexity index is 579. The lowest BCUT2D eigenvalue weighted by Gasteiger charge is -2.09. The van der Waals surface area contributed by atoms with Gasteiger partial charge < -0.3 is 5.11 Å². The molecule has 0 radical (unpaired) electrons. The minimum atomic E-state index is -4.88. The van der Waals surface area contributed by atoms with Crippen molar-refractivity contribution in [2.75, 3.05) is 0 Å². The molecule has 0 aliphatic rings. The number of nitrogens with zero attached hydrogens (tertiary/aromatic N) is 4. The van der Waals surface area contributed by atoms with Crippen molar-refractivity contribution < 1.29 is 23.1 Å². The third kappa shape index (κ3) is 2.01. The number of carboxylic acid groups (broad SMARTS) is 1. The Morgan fingerprint density at radius 3 is 2.61 bits per heavy atom. The number of hydrogen-bond acceptors (Lipinski definition) is 4. The second-order valence-corrected chi connectivity index (χ2v) is 3.21. The summed E-state index contributed by atoms with van der Waals surface area (Å²) >= 11 is 0. The zero-order valence-electron chi connectivity index (χ0n) is 8.59. The highest BCUT2D eigenvalue weighted by Crippen LogP contribution is 2.32. The van der Waals surface area contributed by atoms with Crippen LogP contribution in [0.5, 0.6) is 0 Å². The Labute approximate surface area is 97.7 Å². The second-order valence-electron chi connectivity index (χ2n) is 3.21. The van der Waals surface area contributed by atoms with Crippen LogP contribution in [0.2, 0.25) is 0 Å². The molecular formula is C9H5F3N4O2. The maximum absolute atomic E-state index is 12.8. The number of aromatic nitrogens is 4. The molecule has 0 amide bonds. The molecule has 9 heteroatoms. The molecule has 2 aromatic rings. The maximum atomic E-state index is 12.8. The van der Waals surface area contributed by atoms with Crippen molar-refractivity contribution in [1.29, 1.82) is 0 Å². The normalized spacial score (nSPS) is 11.5. The predicted molar refractivity (Wildman–Crippen MR) is 51.1 cm³/mol. The molecule has 0 fully saturated rings. The zero-order chi connectivity index (χ0) is 13.3. The molecule has 2 rings (SSSR count). The van der Waals surface area contributed by atoms with E-state index in [2.05, 4.69) is 15.3 Å². The fraction of sp³-hybridized carbons (Fsp3) is 0.111. The summed E-state index contributed by atoms with van der Waals surface area (Å²) in [5, 5.41) is 14.9. The molecular weight excluding hydrogens is 253 g/mol. The van der Waals surface area contributed by atoms with Gasteiger partial charge in [-0.25, -0.2) is 9.48 Å². The number of hydrogen-bond donors (Lipinski definition) is 1. The summed E-state index contributed by atoms with van der Waals surface area (Å²) in [5.74, 6) is -1.79. The quantitative estimate of drug-likeness (QED) is 0.880. The first kappa shape index (κ1) is 12.0. The molecule has 2 aromatic heterocycles. The summed E-state index contributed by atoms with van der Waals surface area (Å²) in [6.07, 6.45) is -2.39. The third-order valence-corrected chi connectivity index (χ3v) is 2.03. The van der Waals surface area contributed by atoms with Gasteiger partial charge in [0.15, 0.2) is 5.69 Å². The van der Waals surface area contributed by atoms with Crippen molar-refractivity contribution in [2.24, 2.45) is 0 Å². The van der Waals surface area contributed by atoms with Crippen LogP contribution in [0.1, 0.15) is 16.2 Å². The molecule has 94 valence electrons. The fourth-order valence-electron chi connectivity index (χ4n) is 1.34. The van der Waals surface area contributed by atoms with Gasteiger partial charge in [0, 0.05) is 6.20 Å². The summed E-state index contributed by atoms with van der Waals surface area (Å²) in [6, 6.07) is 2.71. The van der Waals surface area contributed by atoms with Crippen molar-refractivity contribution in [3.63, 3.8) is 0 Å². The van der Waals surface area contributed by atoms with Crippen LogP contribution in [0.4, 0.5) is 13.2 Å². The molecule has 0 aromatic carbocycles. The number of rotatable bonds is 2. The van der Waals surface area contributed by atoms with E-state index in [0.29, 0.717) is 4.68 Å². The molecule has 0 bridgehead atoms. The van der Waals surface area contributed by atoms with Crippen LogP contribution in [-0.2, 0) is 6.18 Å². The van der Waals surface area contributed by atoms with Crippen LogP contribution < -0.4 is 0 Å². The van der Waals surface area contributed by atoms with E-state index in [1.807, 2.05) is 0 Å². The third-order valence-electron chi connectivity index (χ3n) is 2.03. The van der Waals surface area contributed by atoms with Crippen molar-refractivity contribution in [3.05, 3.63) is 35.9 Å². The Balaban J connectivity index is 2.67. The lowest BCUT2D eigenvalue weighted by Crippen LogP contribution is -2.17. The average Bonchev–Trinajstić information content (AvgIpc) is 2.74. The largest absolute Gasteiger partial charge is 0.476 e. The van der Waals surface area contributed by atoms with E-state index in [0.717, 1.165) is 6.20 Å². The van der Waals surface area contributed by atoms with E-state index in [4.69, 9.17) is 5.11 Å². The van der Waals surface area contributed by atoms with Gasteiger partial charge in [-0.15, -0.1) is 5.10 Å². The van der Waals surface area contributed by atoms with Crippen LogP contribution in [0.15, 0.2) is 24.5 Å². The first-order valence-corrected chi connectivity index (χ1v) is 4.58. The number of aromatic carboxylic acids is 1. The monoisotopic (exact) mass is 258 g/mol. The summed E-state index contributed by atoms with van der Waals surface area (Å²) in [4.78, 5) is 14.3. The van der Waals surface area contributed by atoms with E-state index in [1.165, 1.54) is 18.3 Å². The van der Waals surface area contributed by atoms with E-state index in [1.54, 1.807) is 0 Å². The molecule has 0 unspecified atom stereocenters. The number of halogens is 3. The minimum absolute atomic E-state index is 0.0233. The molecule has 0 saturated carbocycles. The van der Waals surface area contributed by atoms with Gasteiger partial charge in [0.2, 0.25) is 5.69 Å². The molecule has 18 heavy (non-hydrogen) atoms. The van der Waals surface area contributed by atoms with Gasteiger partial charge in [-0.2, -0.15) is 13.2 Å². The van der Waals surface area contributed by atoms with Gasteiger partial charge in [-0.3, -0.25) is 4.98 Å². The Hall–Kier alpha value is -2.45. The Kier molecular flexibility index (Phi) is 2.73. The van der Waals surface area contributed by atoms with Crippen molar-refractivity contribution in [1.82, 2.24) is 20.0 Å². The van der Waals surface area contributed by atoms with E-state index in [9.17, 15) is 18.0 Å². The molecule has 0 aliphatic carbocycles. The van der Waals surface area contributed by atoms with Gasteiger partial charge in [-0.05, 0) is 12.1 Å². The van der Waals surface area contributed by atoms with Crippen molar-refractivity contribution in [2.45, 2.75) is 6.18 Å². The van der Waals surface area contributed by atoms with Crippen LogP contribution in [0.3, 0.4) is 0 Å². The number of alkyl halides is 3. The van der Waals surface area contributed by atoms with E-state index < -0.39 is 23.5 Å². The lowest BCUT2D eigenvalue weighted by molar-refractivity contribution is -0.143. The molecule has 0 aliphatic heterocycles. The van der Waals surface area contributed by atoms with Gasteiger partial charge in [0.25, 0.3) is 0 Å². The number of pyridine rings is 1. The van der Waals surface area contributed by atoms with E-state index >= 15 is 0 Å². The van der Waals surface area contributed by atoms with Crippen LogP contribution in [0, 0.1) is 0 Å². The first-order valence-electron chi connectivity index (χ1n) is 4.58. The lowest BCUT2D eigenvalue weighted by atomic mass is 10.3. The maximum Gasteiger partial charge on any atom is 0.436 e. The standard InChI is InChI=1S/C9H5F3N4O2/c10-9(11,12)7-6(8(17)18)14-15-16(7)5-2-1-3-13-4-5/h1-4H,(H,17,18). The summed E-state index contributed by atoms with van der Waals surface area (Å²) in [7, 11) is 0. The molecule has 1 N–H and O–H groups in total.